The maximum Gasteiger partial charge on any atom is 0.321 e. The van der Waals surface area contributed by atoms with Crippen LogP contribution in [0.3, 0.4) is 0 Å². The van der Waals surface area contributed by atoms with Crippen LogP contribution in [-0.4, -0.2) is 36.0 Å². The van der Waals surface area contributed by atoms with E-state index in [4.69, 9.17) is 0 Å². The van der Waals surface area contributed by atoms with Gasteiger partial charge in [-0.25, -0.2) is 4.79 Å². The van der Waals surface area contributed by atoms with Gasteiger partial charge in [0, 0.05) is 24.8 Å². The second kappa shape index (κ2) is 7.02. The molecule has 2 fully saturated rings. The van der Waals surface area contributed by atoms with E-state index in [0.717, 1.165) is 18.5 Å². The average Bonchev–Trinajstić information content (AvgIpc) is 3.41. The number of para-hydroxylation sites is 1. The fourth-order valence-corrected chi connectivity index (χ4v) is 3.16. The number of carbonyl (C=O) groups excluding carboxylic acids is 2. The highest BCUT2D eigenvalue weighted by Crippen LogP contribution is 2.32. The van der Waals surface area contributed by atoms with Crippen molar-refractivity contribution in [2.24, 2.45) is 11.8 Å². The average molecular weight is 315 g/mol. The number of benzene rings is 1. The third-order valence-electron chi connectivity index (χ3n) is 4.80. The Morgan fingerprint density at radius 1 is 1.17 bits per heavy atom. The monoisotopic (exact) mass is 315 g/mol. The molecule has 5 heteroatoms. The first kappa shape index (κ1) is 15.8. The highest BCUT2D eigenvalue weighted by Gasteiger charge is 2.33. The minimum atomic E-state index is -0.121. The van der Waals surface area contributed by atoms with Gasteiger partial charge in [-0.3, -0.25) is 4.79 Å². The van der Waals surface area contributed by atoms with E-state index in [-0.39, 0.29) is 23.9 Å². The molecule has 1 aliphatic heterocycles. The van der Waals surface area contributed by atoms with E-state index in [1.165, 1.54) is 12.8 Å². The van der Waals surface area contributed by atoms with Crippen molar-refractivity contribution in [3.8, 4) is 0 Å². The van der Waals surface area contributed by atoms with Crippen molar-refractivity contribution in [2.45, 2.75) is 38.6 Å². The Kier molecular flexibility index (Phi) is 4.84. The van der Waals surface area contributed by atoms with Crippen molar-refractivity contribution in [3.63, 3.8) is 0 Å². The van der Waals surface area contributed by atoms with Crippen molar-refractivity contribution in [1.82, 2.24) is 10.2 Å². The van der Waals surface area contributed by atoms with Crippen LogP contribution in [0.2, 0.25) is 0 Å². The lowest BCUT2D eigenvalue weighted by molar-refractivity contribution is -0.127. The first-order valence-corrected chi connectivity index (χ1v) is 8.55. The van der Waals surface area contributed by atoms with Crippen LogP contribution in [-0.2, 0) is 4.79 Å². The molecule has 2 atom stereocenters. The summed E-state index contributed by atoms with van der Waals surface area (Å²) < 4.78 is 0. The number of hydrogen-bond donors (Lipinski definition) is 2. The van der Waals surface area contributed by atoms with Crippen LogP contribution < -0.4 is 10.6 Å². The molecule has 0 radical (unpaired) electrons. The van der Waals surface area contributed by atoms with Crippen LogP contribution in [0.4, 0.5) is 10.5 Å². The first-order valence-electron chi connectivity index (χ1n) is 8.55. The van der Waals surface area contributed by atoms with E-state index in [2.05, 4.69) is 17.6 Å². The molecule has 1 aromatic carbocycles. The number of hydrogen-bond acceptors (Lipinski definition) is 2. The highest BCUT2D eigenvalue weighted by molar-refractivity contribution is 5.90. The predicted molar refractivity (Wildman–Crippen MR) is 90.1 cm³/mol. The summed E-state index contributed by atoms with van der Waals surface area (Å²) >= 11 is 0. The van der Waals surface area contributed by atoms with Gasteiger partial charge >= 0.3 is 6.03 Å². The van der Waals surface area contributed by atoms with Crippen molar-refractivity contribution in [2.75, 3.05) is 18.4 Å². The van der Waals surface area contributed by atoms with Crippen molar-refractivity contribution in [3.05, 3.63) is 30.3 Å². The summed E-state index contributed by atoms with van der Waals surface area (Å²) in [6, 6.07) is 9.56. The van der Waals surface area contributed by atoms with Gasteiger partial charge in [0.25, 0.3) is 0 Å². The number of likely N-dealkylation sites (tertiary alicyclic amines) is 1. The molecule has 1 aliphatic carbocycles. The molecule has 0 bridgehead atoms. The fraction of sp³-hybridized carbons (Fsp3) is 0.556. The molecule has 2 aliphatic rings. The van der Waals surface area contributed by atoms with Gasteiger partial charge in [-0.2, -0.15) is 0 Å². The smallest absolute Gasteiger partial charge is 0.321 e. The molecule has 124 valence electrons. The lowest BCUT2D eigenvalue weighted by Gasteiger charge is -2.32. The first-order chi connectivity index (χ1) is 11.1. The Morgan fingerprint density at radius 2 is 1.91 bits per heavy atom. The zero-order chi connectivity index (χ0) is 16.2. The topological polar surface area (TPSA) is 61.4 Å². The van der Waals surface area contributed by atoms with Gasteiger partial charge in [-0.15, -0.1) is 0 Å². The van der Waals surface area contributed by atoms with Crippen molar-refractivity contribution < 1.29 is 9.59 Å². The molecule has 0 spiro atoms. The number of urea groups is 1. The maximum atomic E-state index is 12.4. The third kappa shape index (κ3) is 4.24. The predicted octanol–water partition coefficient (Wildman–Crippen LogP) is 2.85. The minimum absolute atomic E-state index is 0.0912. The fourth-order valence-electron chi connectivity index (χ4n) is 3.16. The standard InChI is InChI=1S/C18H25N3O2/c1-13(14-9-10-14)19-17(22)15-6-5-11-21(12-15)18(23)20-16-7-3-2-4-8-16/h2-4,7-8,13-15H,5-6,9-12H2,1H3,(H,19,22)(H,20,23). The Hall–Kier alpha value is -2.04. The van der Waals surface area contributed by atoms with Gasteiger partial charge in [0.15, 0.2) is 0 Å². The number of rotatable bonds is 4. The molecular weight excluding hydrogens is 290 g/mol. The second-order valence-electron chi connectivity index (χ2n) is 6.72. The lowest BCUT2D eigenvalue weighted by atomic mass is 9.97. The van der Waals surface area contributed by atoms with Gasteiger partial charge < -0.3 is 15.5 Å². The number of nitrogens with one attached hydrogen (secondary N) is 2. The zero-order valence-corrected chi connectivity index (χ0v) is 13.6. The number of amides is 3. The molecule has 1 aromatic rings. The Balaban J connectivity index is 1.52. The zero-order valence-electron chi connectivity index (χ0n) is 13.6. The lowest BCUT2D eigenvalue weighted by Crippen LogP contribution is -2.48. The summed E-state index contributed by atoms with van der Waals surface area (Å²) in [6.45, 7) is 3.29. The van der Waals surface area contributed by atoms with Crippen LogP contribution in [0.15, 0.2) is 30.3 Å². The number of piperidine rings is 1. The summed E-state index contributed by atoms with van der Waals surface area (Å²) in [4.78, 5) is 26.5. The van der Waals surface area contributed by atoms with Gasteiger partial charge in [0.1, 0.15) is 0 Å². The van der Waals surface area contributed by atoms with E-state index in [1.807, 2.05) is 30.3 Å². The number of nitrogens with zero attached hydrogens (tertiary/aromatic N) is 1. The quantitative estimate of drug-likeness (QED) is 0.897. The van der Waals surface area contributed by atoms with Crippen molar-refractivity contribution in [1.29, 1.82) is 0 Å². The van der Waals surface area contributed by atoms with E-state index >= 15 is 0 Å². The van der Waals surface area contributed by atoms with Crippen molar-refractivity contribution >= 4 is 17.6 Å². The molecule has 23 heavy (non-hydrogen) atoms. The van der Waals surface area contributed by atoms with Crippen LogP contribution in [0, 0.1) is 11.8 Å². The SMILES string of the molecule is CC(NC(=O)C1CCCN(C(=O)Nc2ccccc2)C1)C1CC1. The highest BCUT2D eigenvalue weighted by atomic mass is 16.2. The minimum Gasteiger partial charge on any atom is -0.353 e. The van der Waals surface area contributed by atoms with Crippen LogP contribution in [0.1, 0.15) is 32.6 Å². The van der Waals surface area contributed by atoms with Gasteiger partial charge in [0.05, 0.1) is 5.92 Å². The Morgan fingerprint density at radius 3 is 2.61 bits per heavy atom. The molecule has 2 unspecified atom stereocenters. The Bertz CT molecular complexity index is 557. The molecule has 3 rings (SSSR count). The van der Waals surface area contributed by atoms with E-state index in [9.17, 15) is 9.59 Å². The van der Waals surface area contributed by atoms with E-state index < -0.39 is 0 Å². The van der Waals surface area contributed by atoms with Crippen LogP contribution in [0.5, 0.6) is 0 Å². The van der Waals surface area contributed by atoms with E-state index in [1.54, 1.807) is 4.90 Å². The normalized spacial score (nSPS) is 22.3. The summed E-state index contributed by atoms with van der Waals surface area (Å²) in [5, 5.41) is 6.02. The molecule has 3 amide bonds. The molecule has 0 aromatic heterocycles. The third-order valence-corrected chi connectivity index (χ3v) is 4.80. The second-order valence-corrected chi connectivity index (χ2v) is 6.72. The molecule has 5 nitrogen and oxygen atoms in total. The number of anilines is 1. The van der Waals surface area contributed by atoms with E-state index in [0.29, 0.717) is 19.0 Å². The molecular formula is C18H25N3O2. The summed E-state index contributed by atoms with van der Waals surface area (Å²) in [5.41, 5.74) is 0.784. The van der Waals surface area contributed by atoms with Gasteiger partial charge in [-0.05, 0) is 50.7 Å². The Labute approximate surface area is 137 Å². The number of carbonyl (C=O) groups is 2. The summed E-state index contributed by atoms with van der Waals surface area (Å²) in [6.07, 6.45) is 4.17. The van der Waals surface area contributed by atoms with Crippen LogP contribution in [0.25, 0.3) is 0 Å². The molecule has 1 saturated heterocycles. The summed E-state index contributed by atoms with van der Waals surface area (Å²) in [5.74, 6) is 0.660. The van der Waals surface area contributed by atoms with Crippen LogP contribution >= 0.6 is 0 Å². The van der Waals surface area contributed by atoms with Gasteiger partial charge in [-0.1, -0.05) is 18.2 Å². The molecule has 1 heterocycles. The molecule has 2 N–H and O–H groups in total. The van der Waals surface area contributed by atoms with Gasteiger partial charge in [0.2, 0.25) is 5.91 Å². The molecule has 1 saturated carbocycles. The summed E-state index contributed by atoms with van der Waals surface area (Å²) in [7, 11) is 0. The maximum absolute atomic E-state index is 12.4. The largest absolute Gasteiger partial charge is 0.353 e.